The Bertz CT molecular complexity index is 762. The van der Waals surface area contributed by atoms with Gasteiger partial charge in [-0.25, -0.2) is 4.79 Å². The molecule has 2 aliphatic heterocycles. The fraction of sp³-hybridized carbons (Fsp3) is 0.550. The third-order valence-corrected chi connectivity index (χ3v) is 6.09. The van der Waals surface area contributed by atoms with Crippen molar-refractivity contribution in [3.8, 4) is 0 Å². The van der Waals surface area contributed by atoms with Gasteiger partial charge in [0.15, 0.2) is 0 Å². The molecule has 6 heteroatoms. The summed E-state index contributed by atoms with van der Waals surface area (Å²) in [4.78, 5) is 41.2. The Kier molecular flexibility index (Phi) is 4.21. The molecule has 4 rings (SSSR count). The van der Waals surface area contributed by atoms with E-state index in [4.69, 9.17) is 0 Å². The lowest BCUT2D eigenvalue weighted by Crippen LogP contribution is -2.52. The molecular formula is C20H25N3O3. The minimum atomic E-state index is -0.890. The molecule has 1 N–H and O–H groups in total. The van der Waals surface area contributed by atoms with Gasteiger partial charge >= 0.3 is 6.03 Å². The summed E-state index contributed by atoms with van der Waals surface area (Å²) < 4.78 is 0. The smallest absolute Gasteiger partial charge is 0.325 e. The molecule has 0 radical (unpaired) electrons. The average Bonchev–Trinajstić information content (AvgIpc) is 2.86. The Morgan fingerprint density at radius 1 is 1.23 bits per heavy atom. The molecule has 1 aliphatic carbocycles. The van der Waals surface area contributed by atoms with E-state index in [0.29, 0.717) is 19.4 Å². The summed E-state index contributed by atoms with van der Waals surface area (Å²) in [6.45, 7) is 2.59. The Morgan fingerprint density at radius 3 is 2.77 bits per heavy atom. The lowest BCUT2D eigenvalue weighted by Gasteiger charge is -2.34. The summed E-state index contributed by atoms with van der Waals surface area (Å²) in [5, 5.41) is 2.90. The molecule has 1 aromatic rings. The van der Waals surface area contributed by atoms with Gasteiger partial charge < -0.3 is 10.2 Å². The lowest BCUT2D eigenvalue weighted by molar-refractivity contribution is -0.141. The first-order valence-corrected chi connectivity index (χ1v) is 9.50. The molecule has 2 fully saturated rings. The highest BCUT2D eigenvalue weighted by atomic mass is 16.2. The van der Waals surface area contributed by atoms with Crippen LogP contribution in [-0.4, -0.2) is 52.3 Å². The van der Waals surface area contributed by atoms with E-state index in [1.54, 1.807) is 0 Å². The van der Waals surface area contributed by atoms with Crippen molar-refractivity contribution in [1.29, 1.82) is 0 Å². The molecule has 0 aromatic heterocycles. The zero-order valence-electron chi connectivity index (χ0n) is 15.2. The number of hydrogen-bond donors (Lipinski definition) is 1. The molecule has 1 aromatic carbocycles. The van der Waals surface area contributed by atoms with Gasteiger partial charge in [-0.05, 0) is 50.2 Å². The van der Waals surface area contributed by atoms with Gasteiger partial charge in [0.25, 0.3) is 5.91 Å². The highest BCUT2D eigenvalue weighted by molar-refractivity contribution is 6.09. The molecule has 3 aliphatic rings. The number of rotatable bonds is 2. The van der Waals surface area contributed by atoms with Crippen molar-refractivity contribution in [2.24, 2.45) is 0 Å². The first-order chi connectivity index (χ1) is 12.5. The maximum absolute atomic E-state index is 13.1. The van der Waals surface area contributed by atoms with Crippen molar-refractivity contribution < 1.29 is 14.4 Å². The number of carbonyl (C=O) groups excluding carboxylic acids is 3. The minimum absolute atomic E-state index is 0.131. The van der Waals surface area contributed by atoms with Crippen molar-refractivity contribution in [3.05, 3.63) is 35.4 Å². The second-order valence-corrected chi connectivity index (χ2v) is 7.78. The van der Waals surface area contributed by atoms with Crippen molar-refractivity contribution in [2.75, 3.05) is 13.1 Å². The van der Waals surface area contributed by atoms with E-state index in [2.05, 4.69) is 11.4 Å². The van der Waals surface area contributed by atoms with Crippen LogP contribution in [0, 0.1) is 0 Å². The quantitative estimate of drug-likeness (QED) is 0.824. The molecule has 26 heavy (non-hydrogen) atoms. The van der Waals surface area contributed by atoms with Gasteiger partial charge in [0.2, 0.25) is 5.91 Å². The molecule has 1 spiro atoms. The normalized spacial score (nSPS) is 28.3. The number of aryl methyl sites for hydroxylation is 1. The number of urea groups is 1. The predicted molar refractivity (Wildman–Crippen MR) is 96.5 cm³/mol. The average molecular weight is 355 g/mol. The van der Waals surface area contributed by atoms with E-state index >= 15 is 0 Å². The van der Waals surface area contributed by atoms with Crippen LogP contribution in [0.2, 0.25) is 0 Å². The van der Waals surface area contributed by atoms with Crippen LogP contribution in [0.25, 0.3) is 0 Å². The van der Waals surface area contributed by atoms with Gasteiger partial charge in [0.05, 0.1) is 0 Å². The number of hydrogen-bond acceptors (Lipinski definition) is 3. The first kappa shape index (κ1) is 17.1. The van der Waals surface area contributed by atoms with E-state index < -0.39 is 11.6 Å². The number of nitrogens with one attached hydrogen (secondary N) is 1. The van der Waals surface area contributed by atoms with Crippen molar-refractivity contribution in [1.82, 2.24) is 15.1 Å². The summed E-state index contributed by atoms with van der Waals surface area (Å²) >= 11 is 0. The molecule has 6 nitrogen and oxygen atoms in total. The van der Waals surface area contributed by atoms with Crippen LogP contribution in [0.3, 0.4) is 0 Å². The van der Waals surface area contributed by atoms with E-state index in [1.165, 1.54) is 5.56 Å². The third kappa shape index (κ3) is 2.77. The second-order valence-electron chi connectivity index (χ2n) is 7.78. The van der Waals surface area contributed by atoms with E-state index in [-0.39, 0.29) is 24.4 Å². The van der Waals surface area contributed by atoms with Gasteiger partial charge in [0.1, 0.15) is 12.1 Å². The SMILES string of the molecule is C[C@@H]1CCCCN1C(=O)CN1C(=O)N[C@]2(CCc3ccccc3C2)C1=O. The molecule has 138 valence electrons. The number of imide groups is 1. The second kappa shape index (κ2) is 6.41. The summed E-state index contributed by atoms with van der Waals surface area (Å²) in [5.74, 6) is -0.385. The number of amides is 4. The Morgan fingerprint density at radius 2 is 2.00 bits per heavy atom. The van der Waals surface area contributed by atoms with Crippen molar-refractivity contribution in [2.45, 2.75) is 57.0 Å². The maximum Gasteiger partial charge on any atom is 0.325 e. The van der Waals surface area contributed by atoms with Gasteiger partial charge in [-0.1, -0.05) is 24.3 Å². The number of piperidine rings is 1. The fourth-order valence-corrected chi connectivity index (χ4v) is 4.54. The highest BCUT2D eigenvalue weighted by Crippen LogP contribution is 2.33. The molecule has 2 heterocycles. The molecule has 0 bridgehead atoms. The standard InChI is InChI=1S/C20H25N3O3/c1-14-6-4-5-11-22(14)17(24)13-23-18(25)20(21-19(23)26)10-9-15-7-2-3-8-16(15)12-20/h2-3,7-8,14H,4-6,9-13H2,1H3,(H,21,26)/t14-,20+/m1/s1. The summed E-state index contributed by atoms with van der Waals surface area (Å²) in [7, 11) is 0. The molecule has 2 saturated heterocycles. The van der Waals surface area contributed by atoms with Crippen molar-refractivity contribution >= 4 is 17.8 Å². The summed E-state index contributed by atoms with van der Waals surface area (Å²) in [6, 6.07) is 7.77. The predicted octanol–water partition coefficient (Wildman–Crippen LogP) is 1.87. The largest absolute Gasteiger partial charge is 0.338 e. The summed E-state index contributed by atoms with van der Waals surface area (Å²) in [6.07, 6.45) is 4.92. The van der Waals surface area contributed by atoms with Gasteiger partial charge in [0, 0.05) is 19.0 Å². The van der Waals surface area contributed by atoms with Crippen LogP contribution in [0.15, 0.2) is 24.3 Å². The molecule has 2 atom stereocenters. The van der Waals surface area contributed by atoms with Crippen LogP contribution in [0.5, 0.6) is 0 Å². The van der Waals surface area contributed by atoms with Crippen LogP contribution in [0.1, 0.15) is 43.7 Å². The van der Waals surface area contributed by atoms with E-state index in [9.17, 15) is 14.4 Å². The van der Waals surface area contributed by atoms with Crippen LogP contribution >= 0.6 is 0 Å². The number of benzene rings is 1. The summed E-state index contributed by atoms with van der Waals surface area (Å²) in [5.41, 5.74) is 1.45. The molecule has 4 amide bonds. The lowest BCUT2D eigenvalue weighted by atomic mass is 9.78. The monoisotopic (exact) mass is 355 g/mol. The van der Waals surface area contributed by atoms with Gasteiger partial charge in [-0.15, -0.1) is 0 Å². The van der Waals surface area contributed by atoms with Gasteiger partial charge in [-0.3, -0.25) is 14.5 Å². The first-order valence-electron chi connectivity index (χ1n) is 9.50. The molecular weight excluding hydrogens is 330 g/mol. The Labute approximate surface area is 153 Å². The zero-order chi connectivity index (χ0) is 18.3. The zero-order valence-corrected chi connectivity index (χ0v) is 15.2. The topological polar surface area (TPSA) is 69.7 Å². The van der Waals surface area contributed by atoms with E-state index in [0.717, 1.165) is 36.1 Å². The Hall–Kier alpha value is -2.37. The van der Waals surface area contributed by atoms with Crippen LogP contribution in [0.4, 0.5) is 4.79 Å². The van der Waals surface area contributed by atoms with Gasteiger partial charge in [-0.2, -0.15) is 0 Å². The number of nitrogens with zero attached hydrogens (tertiary/aromatic N) is 2. The fourth-order valence-electron chi connectivity index (χ4n) is 4.54. The highest BCUT2D eigenvalue weighted by Gasteiger charge is 2.52. The third-order valence-electron chi connectivity index (χ3n) is 6.09. The van der Waals surface area contributed by atoms with Crippen LogP contribution in [-0.2, 0) is 22.4 Å². The Balaban J connectivity index is 1.50. The molecule has 0 saturated carbocycles. The number of fused-ring (bicyclic) bond motifs is 1. The van der Waals surface area contributed by atoms with Crippen molar-refractivity contribution in [3.63, 3.8) is 0 Å². The minimum Gasteiger partial charge on any atom is -0.338 e. The van der Waals surface area contributed by atoms with E-state index in [1.807, 2.05) is 30.0 Å². The number of carbonyl (C=O) groups is 3. The maximum atomic E-state index is 13.1. The number of likely N-dealkylation sites (tertiary alicyclic amines) is 1. The molecule has 0 unspecified atom stereocenters. The van der Waals surface area contributed by atoms with Crippen LogP contribution < -0.4 is 5.32 Å².